The number of rotatable bonds is 5. The summed E-state index contributed by atoms with van der Waals surface area (Å²) >= 11 is 0. The monoisotopic (exact) mass is 443 g/mol. The molecular weight excluding hydrogens is 418 g/mol. The van der Waals surface area contributed by atoms with Gasteiger partial charge in [0.15, 0.2) is 11.2 Å². The molecule has 1 amide bonds. The maximum Gasteiger partial charge on any atom is 0.333 e. The summed E-state index contributed by atoms with van der Waals surface area (Å²) in [5, 5.41) is 0. The molecule has 2 aromatic heterocycles. The molecule has 8 nitrogen and oxygen atoms in total. The Morgan fingerprint density at radius 1 is 1.03 bits per heavy atom. The van der Waals surface area contributed by atoms with Gasteiger partial charge in [0, 0.05) is 18.3 Å². The van der Waals surface area contributed by atoms with Crippen molar-refractivity contribution in [1.82, 2.24) is 18.7 Å². The summed E-state index contributed by atoms with van der Waals surface area (Å²) in [6.45, 7) is 4.35. The maximum atomic E-state index is 13.5. The second kappa shape index (κ2) is 8.20. The number of hydrogen-bond acceptors (Lipinski definition) is 4. The molecule has 0 bridgehead atoms. The van der Waals surface area contributed by atoms with Crippen molar-refractivity contribution in [2.45, 2.75) is 45.9 Å². The van der Waals surface area contributed by atoms with E-state index in [1.807, 2.05) is 68.4 Å². The zero-order valence-electron chi connectivity index (χ0n) is 18.6. The standard InChI is InChI=1S/C25H25N5O3/c1-3-27-16-26-23-22(27)24(32)29(25(33)28(23)14-18-9-5-4-6-10-18)15-21(31)30-17(2)13-19-11-7-8-12-20(19)30/h4-12,16-17H,3,13-15H2,1-2H3. The van der Waals surface area contributed by atoms with Gasteiger partial charge >= 0.3 is 5.69 Å². The summed E-state index contributed by atoms with van der Waals surface area (Å²) in [6.07, 6.45) is 2.31. The van der Waals surface area contributed by atoms with Crippen molar-refractivity contribution in [3.8, 4) is 0 Å². The summed E-state index contributed by atoms with van der Waals surface area (Å²) in [5.41, 5.74) is 2.47. The van der Waals surface area contributed by atoms with Crippen LogP contribution in [-0.2, 0) is 30.8 Å². The van der Waals surface area contributed by atoms with Gasteiger partial charge in [0.1, 0.15) is 6.54 Å². The SMILES string of the molecule is CCn1cnc2c1c(=O)n(CC(=O)N1c3ccccc3CC1C)c(=O)n2Cc1ccccc1. The summed E-state index contributed by atoms with van der Waals surface area (Å²) in [6, 6.07) is 17.2. The lowest BCUT2D eigenvalue weighted by atomic mass is 10.1. The minimum Gasteiger partial charge on any atom is -0.325 e. The molecule has 2 aromatic carbocycles. The van der Waals surface area contributed by atoms with Crippen LogP contribution in [0.2, 0.25) is 0 Å². The van der Waals surface area contributed by atoms with E-state index in [1.54, 1.807) is 15.8 Å². The molecule has 168 valence electrons. The first-order chi connectivity index (χ1) is 16.0. The molecule has 1 unspecified atom stereocenters. The van der Waals surface area contributed by atoms with Crippen molar-refractivity contribution in [2.75, 3.05) is 4.90 Å². The molecular formula is C25H25N5O3. The van der Waals surface area contributed by atoms with Crippen LogP contribution in [0.25, 0.3) is 11.2 Å². The van der Waals surface area contributed by atoms with Gasteiger partial charge in [-0.1, -0.05) is 48.5 Å². The van der Waals surface area contributed by atoms with Gasteiger partial charge in [-0.25, -0.2) is 14.3 Å². The number of imidazole rings is 1. The highest BCUT2D eigenvalue weighted by atomic mass is 16.2. The van der Waals surface area contributed by atoms with E-state index in [4.69, 9.17) is 0 Å². The molecule has 0 saturated carbocycles. The topological polar surface area (TPSA) is 82.1 Å². The number of nitrogens with zero attached hydrogens (tertiary/aromatic N) is 5. The highest BCUT2D eigenvalue weighted by molar-refractivity contribution is 5.96. The van der Waals surface area contributed by atoms with Gasteiger partial charge in [-0.05, 0) is 37.5 Å². The molecule has 1 atom stereocenters. The van der Waals surface area contributed by atoms with Crippen LogP contribution < -0.4 is 16.1 Å². The molecule has 0 radical (unpaired) electrons. The summed E-state index contributed by atoms with van der Waals surface area (Å²) in [4.78, 5) is 46.3. The molecule has 5 rings (SSSR count). The van der Waals surface area contributed by atoms with E-state index >= 15 is 0 Å². The minimum absolute atomic E-state index is 0.0398. The third-order valence-corrected chi connectivity index (χ3v) is 6.28. The Kier molecular flexibility index (Phi) is 5.20. The summed E-state index contributed by atoms with van der Waals surface area (Å²) < 4.78 is 4.25. The van der Waals surface area contributed by atoms with E-state index in [2.05, 4.69) is 4.98 Å². The third kappa shape index (κ3) is 3.47. The van der Waals surface area contributed by atoms with Crippen LogP contribution in [0.1, 0.15) is 25.0 Å². The first-order valence-corrected chi connectivity index (χ1v) is 11.1. The number of amides is 1. The van der Waals surface area contributed by atoms with Crippen LogP contribution in [0.3, 0.4) is 0 Å². The first-order valence-electron chi connectivity index (χ1n) is 11.1. The van der Waals surface area contributed by atoms with Crippen molar-refractivity contribution in [3.05, 3.63) is 92.9 Å². The average molecular weight is 444 g/mol. The van der Waals surface area contributed by atoms with Crippen LogP contribution >= 0.6 is 0 Å². The fourth-order valence-electron chi connectivity index (χ4n) is 4.68. The van der Waals surface area contributed by atoms with Crippen molar-refractivity contribution in [3.63, 3.8) is 0 Å². The quantitative estimate of drug-likeness (QED) is 0.474. The largest absolute Gasteiger partial charge is 0.333 e. The van der Waals surface area contributed by atoms with Crippen LogP contribution in [0.4, 0.5) is 5.69 Å². The first kappa shape index (κ1) is 20.9. The van der Waals surface area contributed by atoms with E-state index in [9.17, 15) is 14.4 Å². The fraction of sp³-hybridized carbons (Fsp3) is 0.280. The molecule has 8 heteroatoms. The van der Waals surface area contributed by atoms with Gasteiger partial charge in [0.2, 0.25) is 5.91 Å². The normalized spacial score (nSPS) is 15.2. The number of fused-ring (bicyclic) bond motifs is 2. The number of carbonyl (C=O) groups excluding carboxylic acids is 1. The van der Waals surface area contributed by atoms with Gasteiger partial charge in [-0.3, -0.25) is 14.2 Å². The lowest BCUT2D eigenvalue weighted by Crippen LogP contribution is -2.46. The predicted molar refractivity (Wildman–Crippen MR) is 127 cm³/mol. The molecule has 33 heavy (non-hydrogen) atoms. The number of aromatic nitrogens is 4. The number of benzene rings is 2. The zero-order valence-corrected chi connectivity index (χ0v) is 18.6. The predicted octanol–water partition coefficient (Wildman–Crippen LogP) is 2.41. The average Bonchev–Trinajstić information content (AvgIpc) is 3.40. The lowest BCUT2D eigenvalue weighted by Gasteiger charge is -2.23. The number of anilines is 1. The molecule has 0 fully saturated rings. The Labute approximate surface area is 190 Å². The molecule has 0 N–H and O–H groups in total. The molecule has 1 aliphatic rings. The Morgan fingerprint density at radius 2 is 1.76 bits per heavy atom. The number of carbonyl (C=O) groups is 1. The molecule has 4 aromatic rings. The Bertz CT molecular complexity index is 1470. The van der Waals surface area contributed by atoms with E-state index < -0.39 is 11.2 Å². The number of aryl methyl sites for hydroxylation is 1. The van der Waals surface area contributed by atoms with Crippen LogP contribution in [0, 0.1) is 0 Å². The van der Waals surface area contributed by atoms with E-state index in [0.717, 1.165) is 27.8 Å². The van der Waals surface area contributed by atoms with E-state index in [0.29, 0.717) is 17.7 Å². The Hall–Kier alpha value is -3.94. The van der Waals surface area contributed by atoms with Crippen LogP contribution in [-0.4, -0.2) is 30.6 Å². The van der Waals surface area contributed by atoms with E-state index in [1.165, 1.54) is 4.57 Å². The molecule has 1 aliphatic heterocycles. The maximum absolute atomic E-state index is 13.5. The molecule has 0 aliphatic carbocycles. The summed E-state index contributed by atoms with van der Waals surface area (Å²) in [5.74, 6) is -0.278. The highest BCUT2D eigenvalue weighted by Gasteiger charge is 2.31. The Morgan fingerprint density at radius 3 is 2.52 bits per heavy atom. The van der Waals surface area contributed by atoms with Crippen LogP contribution in [0.5, 0.6) is 0 Å². The second-order valence-corrected chi connectivity index (χ2v) is 8.39. The highest BCUT2D eigenvalue weighted by Crippen LogP contribution is 2.31. The van der Waals surface area contributed by atoms with Crippen molar-refractivity contribution < 1.29 is 4.79 Å². The van der Waals surface area contributed by atoms with Crippen molar-refractivity contribution >= 4 is 22.8 Å². The number of para-hydroxylation sites is 1. The fourth-order valence-corrected chi connectivity index (χ4v) is 4.68. The van der Waals surface area contributed by atoms with Crippen molar-refractivity contribution in [1.29, 1.82) is 0 Å². The van der Waals surface area contributed by atoms with Crippen molar-refractivity contribution in [2.24, 2.45) is 0 Å². The van der Waals surface area contributed by atoms with Gasteiger partial charge in [0.05, 0.1) is 12.9 Å². The smallest absolute Gasteiger partial charge is 0.325 e. The van der Waals surface area contributed by atoms with E-state index in [-0.39, 0.29) is 25.0 Å². The van der Waals surface area contributed by atoms with Gasteiger partial charge in [-0.2, -0.15) is 0 Å². The van der Waals surface area contributed by atoms with Gasteiger partial charge in [-0.15, -0.1) is 0 Å². The molecule has 0 spiro atoms. The zero-order chi connectivity index (χ0) is 23.1. The lowest BCUT2D eigenvalue weighted by molar-refractivity contribution is -0.119. The molecule has 3 heterocycles. The minimum atomic E-state index is -0.536. The third-order valence-electron chi connectivity index (χ3n) is 6.28. The second-order valence-electron chi connectivity index (χ2n) is 8.39. The summed E-state index contributed by atoms with van der Waals surface area (Å²) in [7, 11) is 0. The van der Waals surface area contributed by atoms with Gasteiger partial charge in [0.25, 0.3) is 5.56 Å². The molecule has 0 saturated heterocycles. The van der Waals surface area contributed by atoms with Crippen LogP contribution in [0.15, 0.2) is 70.5 Å². The number of hydrogen-bond donors (Lipinski definition) is 0. The Balaban J connectivity index is 1.62. The van der Waals surface area contributed by atoms with Gasteiger partial charge < -0.3 is 9.47 Å².